The predicted molar refractivity (Wildman–Crippen MR) is 66.9 cm³/mol. The zero-order chi connectivity index (χ0) is 11.8. The molecule has 1 atom stereocenters. The van der Waals surface area contributed by atoms with Gasteiger partial charge in [0.25, 0.3) is 0 Å². The van der Waals surface area contributed by atoms with Gasteiger partial charge in [0.2, 0.25) is 0 Å². The van der Waals surface area contributed by atoms with E-state index in [1.807, 2.05) is 42.8 Å². The number of rotatable bonds is 2. The minimum Gasteiger partial charge on any atom is -0.383 e. The van der Waals surface area contributed by atoms with E-state index in [0.29, 0.717) is 0 Å². The first kappa shape index (κ1) is 10.4. The minimum absolute atomic E-state index is 0.575. The fraction of sp³-hybridized carbons (Fsp3) is 0.167. The summed E-state index contributed by atoms with van der Waals surface area (Å²) < 4.78 is 1.71. The molecule has 4 nitrogen and oxygen atoms in total. The Kier molecular flexibility index (Phi) is 2.42. The van der Waals surface area contributed by atoms with E-state index >= 15 is 0 Å². The van der Waals surface area contributed by atoms with Crippen LogP contribution < -0.4 is 0 Å². The number of fused-ring (bicyclic) bond motifs is 1. The predicted octanol–water partition coefficient (Wildman–Crippen LogP) is 2.11. The maximum Gasteiger partial charge on any atom is 0.113 e. The highest BCUT2D eigenvalue weighted by atomic mass is 32.1. The van der Waals surface area contributed by atoms with Crippen LogP contribution in [0.5, 0.6) is 0 Å². The maximum absolute atomic E-state index is 10.2. The third-order valence-corrected chi connectivity index (χ3v) is 3.69. The molecule has 0 radical (unpaired) electrons. The zero-order valence-corrected chi connectivity index (χ0v) is 10.1. The van der Waals surface area contributed by atoms with Crippen molar-refractivity contribution in [3.8, 4) is 0 Å². The molecule has 0 saturated carbocycles. The molecule has 0 aliphatic rings. The topological polar surface area (TPSA) is 50.9 Å². The largest absolute Gasteiger partial charge is 0.383 e. The van der Waals surface area contributed by atoms with Gasteiger partial charge in [0.1, 0.15) is 11.6 Å². The molecule has 17 heavy (non-hydrogen) atoms. The van der Waals surface area contributed by atoms with Crippen molar-refractivity contribution in [2.75, 3.05) is 0 Å². The van der Waals surface area contributed by atoms with Gasteiger partial charge in [-0.05, 0) is 29.1 Å². The Hall–Kier alpha value is -1.72. The molecular formula is C12H11N3OS. The first-order chi connectivity index (χ1) is 8.25. The fourth-order valence-corrected chi connectivity index (χ4v) is 2.57. The average Bonchev–Trinajstić information content (AvgIpc) is 2.98. The van der Waals surface area contributed by atoms with Gasteiger partial charge in [-0.25, -0.2) is 4.68 Å². The Morgan fingerprint density at radius 3 is 3.00 bits per heavy atom. The van der Waals surface area contributed by atoms with Crippen molar-refractivity contribution < 1.29 is 5.11 Å². The van der Waals surface area contributed by atoms with Crippen LogP contribution in [0.4, 0.5) is 0 Å². The van der Waals surface area contributed by atoms with E-state index in [-0.39, 0.29) is 0 Å². The number of nitrogens with zero attached hydrogens (tertiary/aromatic N) is 3. The summed E-state index contributed by atoms with van der Waals surface area (Å²) in [4.78, 5) is 0.944. The molecule has 0 aliphatic carbocycles. The van der Waals surface area contributed by atoms with Crippen LogP contribution in [0.25, 0.3) is 11.0 Å². The second-order valence-electron chi connectivity index (χ2n) is 3.88. The Morgan fingerprint density at radius 1 is 1.35 bits per heavy atom. The van der Waals surface area contributed by atoms with E-state index in [9.17, 15) is 5.11 Å². The molecule has 1 unspecified atom stereocenters. The third-order valence-electron chi connectivity index (χ3n) is 2.76. The van der Waals surface area contributed by atoms with E-state index in [4.69, 9.17) is 0 Å². The Labute approximate surface area is 102 Å². The van der Waals surface area contributed by atoms with Crippen LogP contribution in [0.15, 0.2) is 35.7 Å². The Bertz CT molecular complexity index is 645. The van der Waals surface area contributed by atoms with E-state index in [1.165, 1.54) is 0 Å². The smallest absolute Gasteiger partial charge is 0.113 e. The van der Waals surface area contributed by atoms with Crippen molar-refractivity contribution in [3.05, 3.63) is 46.2 Å². The molecule has 0 saturated heterocycles. The first-order valence-corrected chi connectivity index (χ1v) is 6.14. The molecule has 3 aromatic rings. The lowest BCUT2D eigenvalue weighted by Crippen LogP contribution is -1.97. The van der Waals surface area contributed by atoms with Gasteiger partial charge in [-0.15, -0.1) is 16.4 Å². The molecule has 3 rings (SSSR count). The van der Waals surface area contributed by atoms with Crippen LogP contribution in [-0.4, -0.2) is 20.1 Å². The van der Waals surface area contributed by atoms with Crippen LogP contribution in [-0.2, 0) is 7.05 Å². The Morgan fingerprint density at radius 2 is 2.24 bits per heavy atom. The van der Waals surface area contributed by atoms with Gasteiger partial charge in [0.15, 0.2) is 0 Å². The van der Waals surface area contributed by atoms with Crippen molar-refractivity contribution in [1.82, 2.24) is 15.0 Å². The summed E-state index contributed by atoms with van der Waals surface area (Å²) in [5.41, 5.74) is 2.64. The van der Waals surface area contributed by atoms with E-state index in [1.54, 1.807) is 16.0 Å². The summed E-state index contributed by atoms with van der Waals surface area (Å²) in [5.74, 6) is 0. The molecule has 86 valence electrons. The molecule has 1 N–H and O–H groups in total. The maximum atomic E-state index is 10.2. The summed E-state index contributed by atoms with van der Waals surface area (Å²) in [6, 6.07) is 9.57. The van der Waals surface area contributed by atoms with Crippen molar-refractivity contribution in [1.29, 1.82) is 0 Å². The average molecular weight is 245 g/mol. The van der Waals surface area contributed by atoms with Crippen LogP contribution >= 0.6 is 11.3 Å². The molecule has 2 aromatic heterocycles. The highest BCUT2D eigenvalue weighted by molar-refractivity contribution is 7.10. The fourth-order valence-electron chi connectivity index (χ4n) is 1.83. The second kappa shape index (κ2) is 3.94. The van der Waals surface area contributed by atoms with Gasteiger partial charge in [0, 0.05) is 11.9 Å². The molecular weight excluding hydrogens is 234 g/mol. The highest BCUT2D eigenvalue weighted by Gasteiger charge is 2.13. The number of thiophene rings is 1. The second-order valence-corrected chi connectivity index (χ2v) is 4.86. The van der Waals surface area contributed by atoms with Crippen LogP contribution in [0.2, 0.25) is 0 Å². The number of aliphatic hydroxyl groups is 1. The molecule has 2 heterocycles. The number of aliphatic hydroxyl groups excluding tert-OH is 1. The molecule has 0 fully saturated rings. The van der Waals surface area contributed by atoms with E-state index in [0.717, 1.165) is 21.5 Å². The first-order valence-electron chi connectivity index (χ1n) is 5.26. The van der Waals surface area contributed by atoms with Crippen molar-refractivity contribution in [2.45, 2.75) is 6.10 Å². The van der Waals surface area contributed by atoms with Crippen LogP contribution in [0.1, 0.15) is 16.5 Å². The van der Waals surface area contributed by atoms with Gasteiger partial charge in [-0.1, -0.05) is 17.3 Å². The summed E-state index contributed by atoms with van der Waals surface area (Å²) in [6.07, 6.45) is -0.575. The van der Waals surface area contributed by atoms with Gasteiger partial charge >= 0.3 is 0 Å². The molecule has 5 heteroatoms. The standard InChI is InChI=1S/C12H11N3OS/c1-15-10-7-8(4-5-9(10)13-14-15)12(16)11-3-2-6-17-11/h2-7,12,16H,1H3. The quantitative estimate of drug-likeness (QED) is 0.752. The minimum atomic E-state index is -0.575. The highest BCUT2D eigenvalue weighted by Crippen LogP contribution is 2.27. The zero-order valence-electron chi connectivity index (χ0n) is 9.24. The summed E-state index contributed by atoms with van der Waals surface area (Å²) in [5, 5.41) is 20.2. The monoisotopic (exact) mass is 245 g/mol. The summed E-state index contributed by atoms with van der Waals surface area (Å²) in [7, 11) is 1.84. The lowest BCUT2D eigenvalue weighted by molar-refractivity contribution is 0.224. The number of aryl methyl sites for hydroxylation is 1. The van der Waals surface area contributed by atoms with E-state index in [2.05, 4.69) is 10.3 Å². The van der Waals surface area contributed by atoms with Crippen molar-refractivity contribution in [3.63, 3.8) is 0 Å². The van der Waals surface area contributed by atoms with Crippen molar-refractivity contribution in [2.24, 2.45) is 7.05 Å². The van der Waals surface area contributed by atoms with Gasteiger partial charge < -0.3 is 5.11 Å². The van der Waals surface area contributed by atoms with E-state index < -0.39 is 6.10 Å². The lowest BCUT2D eigenvalue weighted by atomic mass is 10.1. The number of hydrogen-bond donors (Lipinski definition) is 1. The summed E-state index contributed by atoms with van der Waals surface area (Å²) in [6.45, 7) is 0. The van der Waals surface area contributed by atoms with Gasteiger partial charge in [-0.2, -0.15) is 0 Å². The number of aromatic nitrogens is 3. The lowest BCUT2D eigenvalue weighted by Gasteiger charge is -2.08. The number of benzene rings is 1. The molecule has 0 amide bonds. The molecule has 1 aromatic carbocycles. The van der Waals surface area contributed by atoms with Gasteiger partial charge in [0.05, 0.1) is 5.52 Å². The van der Waals surface area contributed by atoms with Crippen LogP contribution in [0, 0.1) is 0 Å². The van der Waals surface area contributed by atoms with Crippen molar-refractivity contribution >= 4 is 22.4 Å². The van der Waals surface area contributed by atoms with Crippen LogP contribution in [0.3, 0.4) is 0 Å². The normalized spacial score (nSPS) is 13.1. The summed E-state index contributed by atoms with van der Waals surface area (Å²) >= 11 is 1.55. The van der Waals surface area contributed by atoms with Gasteiger partial charge in [-0.3, -0.25) is 0 Å². The molecule has 0 bridgehead atoms. The molecule has 0 spiro atoms. The number of hydrogen-bond acceptors (Lipinski definition) is 4. The Balaban J connectivity index is 2.08. The molecule has 0 aliphatic heterocycles. The third kappa shape index (κ3) is 1.73. The SMILES string of the molecule is Cn1nnc2ccc(C(O)c3cccs3)cc21.